The molecule has 2 unspecified atom stereocenters. The van der Waals surface area contributed by atoms with Crippen LogP contribution < -0.4 is 15.2 Å². The number of rotatable bonds is 6. The summed E-state index contributed by atoms with van der Waals surface area (Å²) in [6.07, 6.45) is 4.10. The Balaban J connectivity index is 1.63. The van der Waals surface area contributed by atoms with Gasteiger partial charge in [-0.2, -0.15) is 4.98 Å². The normalized spacial score (nSPS) is 17.8. The molecule has 3 aromatic rings. The molecule has 11 heteroatoms. The number of nitrogens with one attached hydrogen (secondary N) is 2. The van der Waals surface area contributed by atoms with Gasteiger partial charge in [-0.05, 0) is 44.0 Å². The molecule has 1 fully saturated rings. The van der Waals surface area contributed by atoms with Gasteiger partial charge in [0.1, 0.15) is 5.82 Å². The van der Waals surface area contributed by atoms with Crippen molar-refractivity contribution in [2.45, 2.75) is 31.8 Å². The zero-order valence-electron chi connectivity index (χ0n) is 17.7. The summed E-state index contributed by atoms with van der Waals surface area (Å²) in [6.45, 7) is 2.74. The summed E-state index contributed by atoms with van der Waals surface area (Å²) in [4.78, 5) is 24.1. The molecule has 170 valence electrons. The quantitative estimate of drug-likeness (QED) is 0.560. The third-order valence-electron chi connectivity index (χ3n) is 5.34. The van der Waals surface area contributed by atoms with E-state index in [2.05, 4.69) is 20.3 Å². The van der Waals surface area contributed by atoms with E-state index in [1.54, 1.807) is 37.3 Å². The monoisotopic (exact) mass is 477 g/mol. The summed E-state index contributed by atoms with van der Waals surface area (Å²) < 4.78 is 31.8. The minimum Gasteiger partial charge on any atom is -0.379 e. The smallest absolute Gasteiger partial charge is 0.253 e. The van der Waals surface area contributed by atoms with E-state index >= 15 is 0 Å². The fourth-order valence-electron chi connectivity index (χ4n) is 3.87. The second-order valence-electron chi connectivity index (χ2n) is 7.82. The number of aromatic nitrogens is 3. The van der Waals surface area contributed by atoms with Crippen LogP contribution in [0.25, 0.3) is 10.9 Å². The number of pyridine rings is 1. The Morgan fingerprint density at radius 3 is 2.84 bits per heavy atom. The third kappa shape index (κ3) is 4.87. The van der Waals surface area contributed by atoms with Crippen molar-refractivity contribution < 1.29 is 13.2 Å². The molecule has 2 N–H and O–H groups in total. The number of ether oxygens (including phenoxy) is 1. The molecule has 0 spiro atoms. The molecule has 9 nitrogen and oxygen atoms in total. The lowest BCUT2D eigenvalue weighted by atomic mass is 10.1. The summed E-state index contributed by atoms with van der Waals surface area (Å²) in [5.41, 5.74) is 0.926. The first-order chi connectivity index (χ1) is 15.2. The molecule has 1 aromatic carbocycles. The molecule has 0 aliphatic carbocycles. The Labute approximate surface area is 190 Å². The zero-order valence-corrected chi connectivity index (χ0v) is 19.3. The van der Waals surface area contributed by atoms with Crippen LogP contribution in [0, 0.1) is 0 Å². The molecule has 0 radical (unpaired) electrons. The van der Waals surface area contributed by atoms with Crippen LogP contribution in [-0.2, 0) is 14.8 Å². The Hall–Kier alpha value is -2.69. The van der Waals surface area contributed by atoms with Gasteiger partial charge in [-0.3, -0.25) is 4.79 Å². The van der Waals surface area contributed by atoms with E-state index in [0.29, 0.717) is 35.7 Å². The summed E-state index contributed by atoms with van der Waals surface area (Å²) in [6, 6.07) is 7.79. The lowest BCUT2D eigenvalue weighted by Gasteiger charge is -2.33. The molecule has 2 atom stereocenters. The molecule has 1 aliphatic rings. The number of benzene rings is 1. The first-order valence-corrected chi connectivity index (χ1v) is 12.4. The Morgan fingerprint density at radius 1 is 1.31 bits per heavy atom. The standard InChI is InChI=1S/C21H24ClN5O4S/c1-13(17-11-14-10-15(22)5-6-18(14)25-20(17)28)24-21-23-8-7-19(26-21)27(32(2,29)30)16-4-3-9-31-12-16/h5-8,10-11,13,16H,3-4,9,12H2,1-2H3,(H,25,28)(H,23,24,26). The van der Waals surface area contributed by atoms with Crippen LogP contribution in [0.4, 0.5) is 11.8 Å². The number of fused-ring (bicyclic) bond motifs is 1. The van der Waals surface area contributed by atoms with Crippen molar-refractivity contribution in [1.82, 2.24) is 15.0 Å². The summed E-state index contributed by atoms with van der Waals surface area (Å²) in [5, 5.41) is 4.47. The fraction of sp³-hybridized carbons (Fsp3) is 0.381. The second kappa shape index (κ2) is 9.05. The van der Waals surface area contributed by atoms with Crippen molar-refractivity contribution in [2.75, 3.05) is 29.1 Å². The van der Waals surface area contributed by atoms with E-state index in [0.717, 1.165) is 18.1 Å². The summed E-state index contributed by atoms with van der Waals surface area (Å²) in [5.74, 6) is 0.470. The van der Waals surface area contributed by atoms with Gasteiger partial charge in [0, 0.05) is 40.4 Å². The van der Waals surface area contributed by atoms with Crippen LogP contribution in [0.15, 0.2) is 41.3 Å². The van der Waals surface area contributed by atoms with Crippen LogP contribution in [0.1, 0.15) is 31.4 Å². The molecular formula is C21H24ClN5O4S. The highest BCUT2D eigenvalue weighted by Crippen LogP contribution is 2.25. The fourth-order valence-corrected chi connectivity index (χ4v) is 5.20. The highest BCUT2D eigenvalue weighted by Gasteiger charge is 2.30. The van der Waals surface area contributed by atoms with Crippen LogP contribution in [0.2, 0.25) is 5.02 Å². The predicted molar refractivity (Wildman–Crippen MR) is 125 cm³/mol. The maximum atomic E-state index is 12.6. The number of hydrogen-bond donors (Lipinski definition) is 2. The van der Waals surface area contributed by atoms with Crippen LogP contribution in [0.3, 0.4) is 0 Å². The maximum Gasteiger partial charge on any atom is 0.253 e. The van der Waals surface area contributed by atoms with Crippen LogP contribution in [0.5, 0.6) is 0 Å². The molecule has 4 rings (SSSR count). The first-order valence-electron chi connectivity index (χ1n) is 10.2. The average molecular weight is 478 g/mol. The minimum atomic E-state index is -3.58. The molecule has 1 aliphatic heterocycles. The first kappa shape index (κ1) is 22.5. The summed E-state index contributed by atoms with van der Waals surface area (Å²) in [7, 11) is -3.58. The number of hydrogen-bond acceptors (Lipinski definition) is 7. The topological polar surface area (TPSA) is 117 Å². The molecule has 32 heavy (non-hydrogen) atoms. The van der Waals surface area contributed by atoms with E-state index in [1.165, 1.54) is 10.5 Å². The van der Waals surface area contributed by atoms with Crippen LogP contribution >= 0.6 is 11.6 Å². The molecule has 2 aromatic heterocycles. The van der Waals surface area contributed by atoms with Gasteiger partial charge in [-0.15, -0.1) is 0 Å². The minimum absolute atomic E-state index is 0.214. The Morgan fingerprint density at radius 2 is 2.12 bits per heavy atom. The lowest BCUT2D eigenvalue weighted by molar-refractivity contribution is 0.0834. The van der Waals surface area contributed by atoms with Crippen molar-refractivity contribution in [3.05, 3.63) is 57.5 Å². The molecular weight excluding hydrogens is 454 g/mol. The van der Waals surface area contributed by atoms with Gasteiger partial charge in [-0.1, -0.05) is 11.6 Å². The van der Waals surface area contributed by atoms with Gasteiger partial charge in [0.05, 0.1) is 24.9 Å². The van der Waals surface area contributed by atoms with Gasteiger partial charge in [0.15, 0.2) is 0 Å². The van der Waals surface area contributed by atoms with Gasteiger partial charge in [0.25, 0.3) is 5.56 Å². The van der Waals surface area contributed by atoms with E-state index in [1.807, 2.05) is 0 Å². The van der Waals surface area contributed by atoms with Gasteiger partial charge >= 0.3 is 0 Å². The van der Waals surface area contributed by atoms with Crippen molar-refractivity contribution in [3.63, 3.8) is 0 Å². The summed E-state index contributed by atoms with van der Waals surface area (Å²) >= 11 is 6.08. The number of H-pyrrole nitrogens is 1. The zero-order chi connectivity index (χ0) is 22.9. The number of sulfonamides is 1. The van der Waals surface area contributed by atoms with Gasteiger partial charge < -0.3 is 15.0 Å². The highest BCUT2D eigenvalue weighted by atomic mass is 35.5. The number of halogens is 1. The lowest BCUT2D eigenvalue weighted by Crippen LogP contribution is -2.45. The van der Waals surface area contributed by atoms with E-state index in [-0.39, 0.29) is 23.4 Å². The molecule has 3 heterocycles. The molecule has 0 amide bonds. The predicted octanol–water partition coefficient (Wildman–Crippen LogP) is 3.09. The number of nitrogens with zero attached hydrogens (tertiary/aromatic N) is 3. The van der Waals surface area contributed by atoms with Crippen molar-refractivity contribution in [3.8, 4) is 0 Å². The van der Waals surface area contributed by atoms with Crippen molar-refractivity contribution in [1.29, 1.82) is 0 Å². The average Bonchev–Trinajstić information content (AvgIpc) is 2.73. The van der Waals surface area contributed by atoms with E-state index in [9.17, 15) is 13.2 Å². The Bertz CT molecular complexity index is 1290. The van der Waals surface area contributed by atoms with Crippen molar-refractivity contribution in [2.24, 2.45) is 0 Å². The second-order valence-corrected chi connectivity index (χ2v) is 10.1. The van der Waals surface area contributed by atoms with Crippen LogP contribution in [-0.4, -0.2) is 48.9 Å². The van der Waals surface area contributed by atoms with E-state index in [4.69, 9.17) is 16.3 Å². The highest BCUT2D eigenvalue weighted by molar-refractivity contribution is 7.92. The molecule has 1 saturated heterocycles. The third-order valence-corrected chi connectivity index (χ3v) is 6.77. The van der Waals surface area contributed by atoms with Gasteiger partial charge in [0.2, 0.25) is 16.0 Å². The number of aromatic amines is 1. The Kier molecular flexibility index (Phi) is 6.36. The molecule has 0 saturated carbocycles. The maximum absolute atomic E-state index is 12.6. The van der Waals surface area contributed by atoms with Crippen molar-refractivity contribution >= 4 is 44.3 Å². The van der Waals surface area contributed by atoms with Gasteiger partial charge in [-0.25, -0.2) is 17.7 Å². The molecule has 0 bridgehead atoms. The number of anilines is 2. The van der Waals surface area contributed by atoms with E-state index < -0.39 is 16.1 Å². The SMILES string of the molecule is CC(Nc1nccc(N(C2CCCOC2)S(C)(=O)=O)n1)c1cc2cc(Cl)ccc2[nH]c1=O. The largest absolute Gasteiger partial charge is 0.379 e.